The Morgan fingerprint density at radius 1 is 1.29 bits per heavy atom. The monoisotopic (exact) mass is 198 g/mol. The van der Waals surface area contributed by atoms with Crippen LogP contribution in [0, 0.1) is 0 Å². The first-order chi connectivity index (χ1) is 6.86. The molecule has 5 nitrogen and oxygen atoms in total. The molecule has 0 aliphatic rings. The summed E-state index contributed by atoms with van der Waals surface area (Å²) in [5.74, 6) is 0.695. The molecule has 14 heavy (non-hydrogen) atoms. The number of rotatable bonds is 7. The lowest BCUT2D eigenvalue weighted by Crippen LogP contribution is -2.02. The Bertz CT molecular complexity index is 249. The number of hydrogen-bond donors (Lipinski definition) is 2. The van der Waals surface area contributed by atoms with E-state index in [4.69, 9.17) is 10.8 Å². The van der Waals surface area contributed by atoms with E-state index < -0.39 is 0 Å². The van der Waals surface area contributed by atoms with Crippen molar-refractivity contribution in [2.45, 2.75) is 38.8 Å². The lowest BCUT2D eigenvalue weighted by Gasteiger charge is -1.99. The first kappa shape index (κ1) is 11.1. The smallest absolute Gasteiger partial charge is 0.164 e. The molecule has 3 N–H and O–H groups in total. The van der Waals surface area contributed by atoms with Gasteiger partial charge in [0.2, 0.25) is 0 Å². The largest absolute Gasteiger partial charge is 0.396 e. The summed E-state index contributed by atoms with van der Waals surface area (Å²) in [4.78, 5) is 4.04. The fraction of sp³-hybridized carbons (Fsp3) is 0.778. The van der Waals surface area contributed by atoms with Crippen LogP contribution in [0.3, 0.4) is 0 Å². The van der Waals surface area contributed by atoms with Gasteiger partial charge in [-0.25, -0.2) is 4.98 Å². The van der Waals surface area contributed by atoms with E-state index in [1.807, 2.05) is 4.68 Å². The highest BCUT2D eigenvalue weighted by Crippen LogP contribution is 2.01. The molecular weight excluding hydrogens is 180 g/mol. The van der Waals surface area contributed by atoms with E-state index in [1.54, 1.807) is 6.33 Å². The van der Waals surface area contributed by atoms with Crippen molar-refractivity contribution in [2.24, 2.45) is 5.73 Å². The van der Waals surface area contributed by atoms with Crippen LogP contribution in [0.2, 0.25) is 0 Å². The summed E-state index contributed by atoms with van der Waals surface area (Å²) in [6, 6.07) is 0. The Hall–Kier alpha value is -0.940. The van der Waals surface area contributed by atoms with E-state index in [2.05, 4.69) is 10.1 Å². The molecule has 80 valence electrons. The maximum Gasteiger partial charge on any atom is 0.164 e. The first-order valence-corrected chi connectivity index (χ1v) is 5.06. The van der Waals surface area contributed by atoms with Gasteiger partial charge in [-0.05, 0) is 12.8 Å². The van der Waals surface area contributed by atoms with Crippen molar-refractivity contribution in [3.05, 3.63) is 12.2 Å². The molecular formula is C9H18N4O. The van der Waals surface area contributed by atoms with Crippen molar-refractivity contribution in [1.29, 1.82) is 0 Å². The van der Waals surface area contributed by atoms with Crippen molar-refractivity contribution in [1.82, 2.24) is 14.8 Å². The SMILES string of the molecule is NCc1ncn(CCCCCCO)n1. The second kappa shape index (κ2) is 6.50. The molecule has 1 aromatic rings. The summed E-state index contributed by atoms with van der Waals surface area (Å²) in [5.41, 5.74) is 5.39. The number of unbranched alkanes of at least 4 members (excludes halogenated alkanes) is 3. The van der Waals surface area contributed by atoms with Gasteiger partial charge in [-0.1, -0.05) is 12.8 Å². The van der Waals surface area contributed by atoms with Crippen molar-refractivity contribution in [3.8, 4) is 0 Å². The first-order valence-electron chi connectivity index (χ1n) is 5.06. The lowest BCUT2D eigenvalue weighted by molar-refractivity contribution is 0.282. The molecule has 0 unspecified atom stereocenters. The van der Waals surface area contributed by atoms with Crippen molar-refractivity contribution >= 4 is 0 Å². The van der Waals surface area contributed by atoms with Crippen LogP contribution in [0.1, 0.15) is 31.5 Å². The third-order valence-corrected chi connectivity index (χ3v) is 2.06. The number of aromatic nitrogens is 3. The third kappa shape index (κ3) is 3.85. The summed E-state index contributed by atoms with van der Waals surface area (Å²) in [6.07, 6.45) is 5.89. The maximum atomic E-state index is 8.58. The van der Waals surface area contributed by atoms with Crippen LogP contribution < -0.4 is 5.73 Å². The molecule has 1 heterocycles. The summed E-state index contributed by atoms with van der Waals surface area (Å²) in [6.45, 7) is 1.58. The Morgan fingerprint density at radius 2 is 2.07 bits per heavy atom. The van der Waals surface area contributed by atoms with Crippen molar-refractivity contribution in [2.75, 3.05) is 6.61 Å². The number of nitrogens with two attached hydrogens (primary N) is 1. The van der Waals surface area contributed by atoms with Crippen LogP contribution in [0.5, 0.6) is 0 Å². The second-order valence-electron chi connectivity index (χ2n) is 3.27. The second-order valence-corrected chi connectivity index (χ2v) is 3.27. The van der Waals surface area contributed by atoms with Crippen LogP contribution in [0.4, 0.5) is 0 Å². The van der Waals surface area contributed by atoms with Crippen molar-refractivity contribution in [3.63, 3.8) is 0 Å². The van der Waals surface area contributed by atoms with Crippen LogP contribution >= 0.6 is 0 Å². The predicted molar refractivity (Wildman–Crippen MR) is 53.5 cm³/mol. The molecule has 0 spiro atoms. The molecule has 0 radical (unpaired) electrons. The van der Waals surface area contributed by atoms with Gasteiger partial charge in [0.25, 0.3) is 0 Å². The van der Waals surface area contributed by atoms with Crippen LogP contribution in [-0.2, 0) is 13.1 Å². The van der Waals surface area contributed by atoms with E-state index in [9.17, 15) is 0 Å². The van der Waals surface area contributed by atoms with E-state index in [-0.39, 0.29) is 0 Å². The molecule has 5 heteroatoms. The van der Waals surface area contributed by atoms with Gasteiger partial charge in [-0.3, -0.25) is 4.68 Å². The number of nitrogens with zero attached hydrogens (tertiary/aromatic N) is 3. The number of aryl methyl sites for hydroxylation is 1. The van der Waals surface area contributed by atoms with Crippen molar-refractivity contribution < 1.29 is 5.11 Å². The van der Waals surface area contributed by atoms with E-state index in [0.717, 1.165) is 32.2 Å². The standard InChI is InChI=1S/C9H18N4O/c10-7-9-11-8-13(12-9)5-3-1-2-4-6-14/h8,14H,1-7,10H2. The van der Waals surface area contributed by atoms with Crippen LogP contribution in [-0.4, -0.2) is 26.5 Å². The minimum absolute atomic E-state index is 0.292. The molecule has 0 bridgehead atoms. The van der Waals surface area contributed by atoms with E-state index >= 15 is 0 Å². The molecule has 1 rings (SSSR count). The molecule has 1 aromatic heterocycles. The zero-order valence-corrected chi connectivity index (χ0v) is 8.39. The molecule has 0 aliphatic heterocycles. The third-order valence-electron chi connectivity index (χ3n) is 2.06. The highest BCUT2D eigenvalue weighted by atomic mass is 16.2. The van der Waals surface area contributed by atoms with Gasteiger partial charge in [-0.2, -0.15) is 5.10 Å². The average Bonchev–Trinajstić information content (AvgIpc) is 2.65. The fourth-order valence-electron chi connectivity index (χ4n) is 1.27. The van der Waals surface area contributed by atoms with Gasteiger partial charge in [0, 0.05) is 13.2 Å². The normalized spacial score (nSPS) is 10.7. The van der Waals surface area contributed by atoms with Gasteiger partial charge in [0.05, 0.1) is 6.54 Å². The number of aliphatic hydroxyl groups is 1. The quantitative estimate of drug-likeness (QED) is 0.617. The molecule has 0 saturated carbocycles. The topological polar surface area (TPSA) is 77.0 Å². The molecule has 0 atom stereocenters. The maximum absolute atomic E-state index is 8.58. The summed E-state index contributed by atoms with van der Waals surface area (Å²) in [5, 5.41) is 12.8. The lowest BCUT2D eigenvalue weighted by atomic mass is 10.2. The van der Waals surface area contributed by atoms with Gasteiger partial charge in [0.15, 0.2) is 5.82 Å². The Labute approximate surface area is 83.9 Å². The van der Waals surface area contributed by atoms with Gasteiger partial charge in [0.1, 0.15) is 6.33 Å². The molecule has 0 amide bonds. The Kier molecular flexibility index (Phi) is 5.17. The zero-order valence-electron chi connectivity index (χ0n) is 8.39. The summed E-state index contributed by atoms with van der Waals surface area (Å²) in [7, 11) is 0. The van der Waals surface area contributed by atoms with E-state index in [1.165, 1.54) is 0 Å². The van der Waals surface area contributed by atoms with Crippen LogP contribution in [0.15, 0.2) is 6.33 Å². The molecule has 0 aliphatic carbocycles. The number of hydrogen-bond acceptors (Lipinski definition) is 4. The fourth-order valence-corrected chi connectivity index (χ4v) is 1.27. The highest BCUT2D eigenvalue weighted by Gasteiger charge is 1.97. The van der Waals surface area contributed by atoms with Gasteiger partial charge >= 0.3 is 0 Å². The summed E-state index contributed by atoms with van der Waals surface area (Å²) >= 11 is 0. The predicted octanol–water partition coefficient (Wildman–Crippen LogP) is 0.289. The van der Waals surface area contributed by atoms with Gasteiger partial charge < -0.3 is 10.8 Å². The van der Waals surface area contributed by atoms with Crippen LogP contribution in [0.25, 0.3) is 0 Å². The minimum atomic E-state index is 0.292. The number of aliphatic hydroxyl groups excluding tert-OH is 1. The highest BCUT2D eigenvalue weighted by molar-refractivity contribution is 4.78. The van der Waals surface area contributed by atoms with E-state index in [0.29, 0.717) is 19.0 Å². The zero-order chi connectivity index (χ0) is 10.2. The Balaban J connectivity index is 2.12. The van der Waals surface area contributed by atoms with Gasteiger partial charge in [-0.15, -0.1) is 0 Å². The molecule has 0 saturated heterocycles. The minimum Gasteiger partial charge on any atom is -0.396 e. The summed E-state index contributed by atoms with van der Waals surface area (Å²) < 4.78 is 1.82. The Morgan fingerprint density at radius 3 is 2.71 bits per heavy atom. The molecule has 0 fully saturated rings. The molecule has 0 aromatic carbocycles. The average molecular weight is 198 g/mol.